The molecule has 0 aliphatic heterocycles. The van der Waals surface area contributed by atoms with Crippen molar-refractivity contribution >= 4 is 52.3 Å². The number of tetrazole rings is 1. The molecule has 38 heavy (non-hydrogen) atoms. The summed E-state index contributed by atoms with van der Waals surface area (Å²) in [7, 11) is 1.43. The maximum Gasteiger partial charge on any atom is 0.455 e. The third-order valence-corrected chi connectivity index (χ3v) is 5.92. The summed E-state index contributed by atoms with van der Waals surface area (Å²) in [6, 6.07) is 8.75. The average Bonchev–Trinajstić information content (AvgIpc) is 3.49. The van der Waals surface area contributed by atoms with Gasteiger partial charge in [-0.25, -0.2) is 4.68 Å². The Hall–Kier alpha value is -3.68. The van der Waals surface area contributed by atoms with Crippen LogP contribution in [0.3, 0.4) is 0 Å². The van der Waals surface area contributed by atoms with Crippen LogP contribution in [0.2, 0.25) is 15.1 Å². The maximum atomic E-state index is 13.5. The molecule has 2 heterocycles. The van der Waals surface area contributed by atoms with Crippen LogP contribution in [0, 0.1) is 6.92 Å². The number of rotatable bonds is 6. The molecule has 0 unspecified atom stereocenters. The summed E-state index contributed by atoms with van der Waals surface area (Å²) in [4.78, 5) is 26.6. The Labute approximate surface area is 227 Å². The molecule has 4 aromatic rings. The Bertz CT molecular complexity index is 1550. The largest absolute Gasteiger partial charge is 0.455 e. The minimum Gasteiger partial charge on any atom is -0.355 e. The number of halogens is 6. The first-order valence-electron chi connectivity index (χ1n) is 10.6. The third-order valence-electron chi connectivity index (χ3n) is 5.15. The molecule has 16 heteroatoms. The van der Waals surface area contributed by atoms with E-state index in [1.807, 2.05) is 0 Å². The van der Waals surface area contributed by atoms with Gasteiger partial charge in [0.05, 0.1) is 27.7 Å². The van der Waals surface area contributed by atoms with Gasteiger partial charge in [-0.15, -0.1) is 10.2 Å². The Balaban J connectivity index is 1.77. The SMILES string of the molecule is CNC(=O)c1cc(Cl)cc(C)c1NC(=O)c1cc(Cn2nnc(C(F)(F)F)n2)nn1-c1cc(Cl)ccc1Cl. The van der Waals surface area contributed by atoms with Gasteiger partial charge >= 0.3 is 6.18 Å². The first kappa shape index (κ1) is 27.4. The van der Waals surface area contributed by atoms with E-state index in [4.69, 9.17) is 34.8 Å². The molecule has 0 atom stereocenters. The number of anilines is 1. The Kier molecular flexibility index (Phi) is 7.63. The van der Waals surface area contributed by atoms with Crippen molar-refractivity contribution in [2.24, 2.45) is 0 Å². The molecular weight excluding hydrogens is 572 g/mol. The van der Waals surface area contributed by atoms with Crippen LogP contribution in [0.25, 0.3) is 5.69 Å². The summed E-state index contributed by atoms with van der Waals surface area (Å²) in [6.07, 6.45) is -4.78. The molecule has 2 aromatic heterocycles. The minimum atomic E-state index is -4.78. The van der Waals surface area contributed by atoms with Crippen LogP contribution in [0.1, 0.15) is 37.9 Å². The number of carbonyl (C=O) groups excluding carboxylic acids is 2. The van der Waals surface area contributed by atoms with E-state index in [1.54, 1.807) is 13.0 Å². The molecule has 0 aliphatic rings. The smallest absolute Gasteiger partial charge is 0.355 e. The van der Waals surface area contributed by atoms with Gasteiger partial charge in [-0.3, -0.25) is 9.59 Å². The van der Waals surface area contributed by atoms with E-state index < -0.39 is 23.8 Å². The van der Waals surface area contributed by atoms with Gasteiger partial charge in [0.1, 0.15) is 12.2 Å². The number of aromatic nitrogens is 6. The number of amides is 2. The van der Waals surface area contributed by atoms with Gasteiger partial charge < -0.3 is 10.6 Å². The fraction of sp³-hybridized carbons (Fsp3) is 0.182. The van der Waals surface area contributed by atoms with Crippen LogP contribution in [-0.2, 0) is 12.7 Å². The monoisotopic (exact) mass is 586 g/mol. The number of hydrogen-bond acceptors (Lipinski definition) is 6. The lowest BCUT2D eigenvalue weighted by atomic mass is 10.1. The van der Waals surface area contributed by atoms with Crippen molar-refractivity contribution in [3.63, 3.8) is 0 Å². The molecule has 2 aromatic carbocycles. The van der Waals surface area contributed by atoms with E-state index in [-0.39, 0.29) is 49.9 Å². The topological polar surface area (TPSA) is 120 Å². The van der Waals surface area contributed by atoms with Gasteiger partial charge in [-0.2, -0.15) is 23.1 Å². The summed E-state index contributed by atoms with van der Waals surface area (Å²) in [5, 5.41) is 20.0. The molecule has 2 N–H and O–H groups in total. The molecule has 2 amide bonds. The lowest BCUT2D eigenvalue weighted by molar-refractivity contribution is -0.145. The van der Waals surface area contributed by atoms with Gasteiger partial charge in [-0.05, 0) is 54.1 Å². The number of alkyl halides is 3. The third kappa shape index (κ3) is 5.74. The summed E-state index contributed by atoms with van der Waals surface area (Å²) in [6.45, 7) is 1.30. The maximum absolute atomic E-state index is 13.5. The highest BCUT2D eigenvalue weighted by Crippen LogP contribution is 2.29. The van der Waals surface area contributed by atoms with Crippen LogP contribution in [0.5, 0.6) is 0 Å². The number of carbonyl (C=O) groups is 2. The number of nitrogens with zero attached hydrogens (tertiary/aromatic N) is 6. The van der Waals surface area contributed by atoms with Crippen molar-refractivity contribution in [1.29, 1.82) is 0 Å². The zero-order chi connectivity index (χ0) is 27.8. The zero-order valence-electron chi connectivity index (χ0n) is 19.4. The number of hydrogen-bond donors (Lipinski definition) is 2. The molecule has 0 saturated heterocycles. The van der Waals surface area contributed by atoms with Gasteiger partial charge in [0.25, 0.3) is 17.6 Å². The predicted octanol–water partition coefficient (Wildman–Crippen LogP) is 4.81. The molecule has 0 spiro atoms. The fourth-order valence-corrected chi connectivity index (χ4v) is 4.11. The highest BCUT2D eigenvalue weighted by molar-refractivity contribution is 6.34. The molecule has 0 radical (unpaired) electrons. The lowest BCUT2D eigenvalue weighted by Crippen LogP contribution is -2.23. The van der Waals surface area contributed by atoms with E-state index in [0.29, 0.717) is 10.4 Å². The van der Waals surface area contributed by atoms with Crippen molar-refractivity contribution in [2.75, 3.05) is 12.4 Å². The molecule has 0 saturated carbocycles. The highest BCUT2D eigenvalue weighted by atomic mass is 35.5. The van der Waals surface area contributed by atoms with Gasteiger partial charge in [0, 0.05) is 17.1 Å². The van der Waals surface area contributed by atoms with Crippen molar-refractivity contribution in [3.8, 4) is 5.69 Å². The summed E-state index contributed by atoms with van der Waals surface area (Å²) >= 11 is 18.6. The van der Waals surface area contributed by atoms with Crippen molar-refractivity contribution in [2.45, 2.75) is 19.6 Å². The molecular formula is C22H16Cl3F3N8O2. The number of nitrogens with one attached hydrogen (secondary N) is 2. The lowest BCUT2D eigenvalue weighted by Gasteiger charge is -2.15. The Morgan fingerprint density at radius 1 is 1.00 bits per heavy atom. The van der Waals surface area contributed by atoms with Gasteiger partial charge in [0.2, 0.25) is 0 Å². The molecule has 4 rings (SSSR count). The van der Waals surface area contributed by atoms with E-state index in [2.05, 4.69) is 31.1 Å². The second-order valence-corrected chi connectivity index (χ2v) is 9.13. The molecule has 10 nitrogen and oxygen atoms in total. The standard InChI is InChI=1S/C22H16Cl3F3N8O2/c1-10-5-12(24)6-14(19(37)29-2)18(10)30-20(38)17-8-13(9-35-33-21(31-34-35)22(26,27)28)32-36(17)16-7-11(23)3-4-15(16)25/h3-8H,9H2,1-2H3,(H,29,37)(H,30,38). The van der Waals surface area contributed by atoms with Crippen LogP contribution in [0.15, 0.2) is 36.4 Å². The highest BCUT2D eigenvalue weighted by Gasteiger charge is 2.37. The van der Waals surface area contributed by atoms with E-state index in [0.717, 1.165) is 0 Å². The average molecular weight is 588 g/mol. The Morgan fingerprint density at radius 2 is 1.74 bits per heavy atom. The van der Waals surface area contributed by atoms with E-state index >= 15 is 0 Å². The van der Waals surface area contributed by atoms with Crippen LogP contribution in [0.4, 0.5) is 18.9 Å². The fourth-order valence-electron chi connectivity index (χ4n) is 3.47. The second-order valence-electron chi connectivity index (χ2n) is 7.85. The number of benzene rings is 2. The molecule has 0 fully saturated rings. The quantitative estimate of drug-likeness (QED) is 0.334. The minimum absolute atomic E-state index is 0.0717. The van der Waals surface area contributed by atoms with E-state index in [9.17, 15) is 22.8 Å². The molecule has 0 bridgehead atoms. The molecule has 0 aliphatic carbocycles. The predicted molar refractivity (Wildman–Crippen MR) is 133 cm³/mol. The van der Waals surface area contributed by atoms with Crippen LogP contribution < -0.4 is 10.6 Å². The first-order chi connectivity index (χ1) is 17.9. The Morgan fingerprint density at radius 3 is 2.39 bits per heavy atom. The van der Waals surface area contributed by atoms with Crippen molar-refractivity contribution in [1.82, 2.24) is 35.3 Å². The van der Waals surface area contributed by atoms with Gasteiger partial charge in [-0.1, -0.05) is 34.8 Å². The first-order valence-corrected chi connectivity index (χ1v) is 11.7. The number of aryl methyl sites for hydroxylation is 1. The van der Waals surface area contributed by atoms with E-state index in [1.165, 1.54) is 42.1 Å². The summed E-state index contributed by atoms with van der Waals surface area (Å²) in [5.41, 5.74) is 1.07. The van der Waals surface area contributed by atoms with Gasteiger partial charge in [0.15, 0.2) is 0 Å². The summed E-state index contributed by atoms with van der Waals surface area (Å²) < 4.78 is 39.8. The van der Waals surface area contributed by atoms with Crippen LogP contribution >= 0.6 is 34.8 Å². The molecule has 198 valence electrons. The second kappa shape index (κ2) is 10.6. The zero-order valence-corrected chi connectivity index (χ0v) is 21.7. The van der Waals surface area contributed by atoms with Crippen molar-refractivity contribution < 1.29 is 22.8 Å². The van der Waals surface area contributed by atoms with Crippen molar-refractivity contribution in [3.05, 3.63) is 79.8 Å². The summed E-state index contributed by atoms with van der Waals surface area (Å²) in [5.74, 6) is -2.62. The van der Waals surface area contributed by atoms with Crippen LogP contribution in [-0.4, -0.2) is 48.8 Å². The normalized spacial score (nSPS) is 11.5.